The molecule has 0 amide bonds. The van der Waals surface area contributed by atoms with E-state index in [2.05, 4.69) is 111 Å². The van der Waals surface area contributed by atoms with Crippen molar-refractivity contribution >= 4 is 43.1 Å². The highest BCUT2D eigenvalue weighted by molar-refractivity contribution is 6.11. The molecule has 0 N–H and O–H groups in total. The van der Waals surface area contributed by atoms with E-state index in [-0.39, 0.29) is 5.41 Å². The molecule has 0 aliphatic heterocycles. The van der Waals surface area contributed by atoms with Crippen molar-refractivity contribution in [3.05, 3.63) is 108 Å². The molecule has 37 heavy (non-hydrogen) atoms. The van der Waals surface area contributed by atoms with Gasteiger partial charge in [0.1, 0.15) is 0 Å². The summed E-state index contributed by atoms with van der Waals surface area (Å²) in [6.07, 6.45) is 0. The molecule has 0 fully saturated rings. The van der Waals surface area contributed by atoms with E-state index in [1.54, 1.807) is 0 Å². The Bertz CT molecular complexity index is 1700. The van der Waals surface area contributed by atoms with Crippen LogP contribution in [0, 0.1) is 0 Å². The van der Waals surface area contributed by atoms with Gasteiger partial charge in [-0.05, 0) is 89.6 Å². The largest absolute Gasteiger partial charge is 0.0683 e. The van der Waals surface area contributed by atoms with E-state index in [0.29, 0.717) is 0 Å². The van der Waals surface area contributed by atoms with E-state index in [0.717, 1.165) is 0 Å². The number of hydrogen-bond donors (Lipinski definition) is 0. The average Bonchev–Trinajstić information content (AvgIpc) is 3.20. The molecule has 0 radical (unpaired) electrons. The van der Waals surface area contributed by atoms with Gasteiger partial charge >= 0.3 is 0 Å². The van der Waals surface area contributed by atoms with Crippen molar-refractivity contribution in [3.8, 4) is 11.1 Å². The Balaban J connectivity index is 0.000000500. The van der Waals surface area contributed by atoms with Crippen LogP contribution in [-0.4, -0.2) is 0 Å². The fraction of sp³-hybridized carbons (Fsp3) is 0.243. The quantitative estimate of drug-likeness (QED) is 0.148. The van der Waals surface area contributed by atoms with Crippen LogP contribution in [0.15, 0.2) is 97.1 Å². The molecule has 0 unspecified atom stereocenters. The monoisotopic (exact) mass is 484 g/mol. The van der Waals surface area contributed by atoms with Gasteiger partial charge in [0.15, 0.2) is 0 Å². The smallest absolute Gasteiger partial charge is 0.0165 e. The molecule has 6 aromatic rings. The zero-order valence-electron chi connectivity index (χ0n) is 23.7. The van der Waals surface area contributed by atoms with Crippen LogP contribution in [-0.2, 0) is 5.41 Å². The van der Waals surface area contributed by atoms with E-state index < -0.39 is 0 Å². The lowest BCUT2D eigenvalue weighted by molar-refractivity contribution is 0.667. The van der Waals surface area contributed by atoms with Crippen LogP contribution in [0.25, 0.3) is 54.2 Å². The second-order valence-corrected chi connectivity index (χ2v) is 9.44. The van der Waals surface area contributed by atoms with Crippen molar-refractivity contribution in [2.45, 2.75) is 60.8 Å². The van der Waals surface area contributed by atoms with Crippen molar-refractivity contribution in [1.29, 1.82) is 0 Å². The number of hydrogen-bond acceptors (Lipinski definition) is 0. The SMILES string of the molecule is CC.CC.CC.CC1(C)c2cc3ccc4ccccc4c3cc2-c2ccc3cc4ccccc4cc3c21. The first-order chi connectivity index (χ1) is 18.1. The first-order valence-electron chi connectivity index (χ1n) is 14.0. The molecule has 1 aliphatic rings. The molecule has 0 heterocycles. The summed E-state index contributed by atoms with van der Waals surface area (Å²) < 4.78 is 0. The molecule has 0 atom stereocenters. The highest BCUT2D eigenvalue weighted by atomic mass is 14.4. The van der Waals surface area contributed by atoms with Crippen LogP contribution in [0.2, 0.25) is 0 Å². The molecule has 0 aromatic heterocycles. The third-order valence-electron chi connectivity index (χ3n) is 7.36. The van der Waals surface area contributed by atoms with Gasteiger partial charge in [0, 0.05) is 5.41 Å². The maximum Gasteiger partial charge on any atom is 0.0165 e. The highest BCUT2D eigenvalue weighted by Gasteiger charge is 2.37. The van der Waals surface area contributed by atoms with Crippen LogP contribution in [0.3, 0.4) is 0 Å². The van der Waals surface area contributed by atoms with Crippen LogP contribution >= 0.6 is 0 Å². The summed E-state index contributed by atoms with van der Waals surface area (Å²) in [5.74, 6) is 0. The Labute approximate surface area is 223 Å². The van der Waals surface area contributed by atoms with Crippen molar-refractivity contribution < 1.29 is 0 Å². The number of rotatable bonds is 0. The zero-order valence-corrected chi connectivity index (χ0v) is 23.7. The van der Waals surface area contributed by atoms with Crippen molar-refractivity contribution in [2.24, 2.45) is 0 Å². The molecule has 1 aliphatic carbocycles. The molecular formula is C37H40. The summed E-state index contributed by atoms with van der Waals surface area (Å²) >= 11 is 0. The Hall–Kier alpha value is -3.64. The van der Waals surface area contributed by atoms with Gasteiger partial charge in [-0.1, -0.05) is 128 Å². The first-order valence-corrected chi connectivity index (χ1v) is 14.0. The standard InChI is InChI=1S/C31H22.3C2H6/c1-31(2)29-17-23-12-11-19-7-5-6-10-24(19)26(23)18-28(29)25-14-13-22-15-20-8-3-4-9-21(20)16-27(22)30(25)31;3*1-2/h3-18H,1-2H3;3*1-2H3. The van der Waals surface area contributed by atoms with Gasteiger partial charge in [-0.2, -0.15) is 0 Å². The molecule has 0 heteroatoms. The second kappa shape index (κ2) is 10.8. The number of benzene rings is 6. The zero-order chi connectivity index (χ0) is 26.7. The van der Waals surface area contributed by atoms with Crippen LogP contribution < -0.4 is 0 Å². The lowest BCUT2D eigenvalue weighted by Crippen LogP contribution is -2.15. The Morgan fingerprint density at radius 2 is 0.946 bits per heavy atom. The molecule has 0 bridgehead atoms. The normalized spacial score (nSPS) is 12.5. The van der Waals surface area contributed by atoms with Gasteiger partial charge < -0.3 is 0 Å². The molecule has 0 saturated carbocycles. The van der Waals surface area contributed by atoms with Crippen molar-refractivity contribution in [2.75, 3.05) is 0 Å². The summed E-state index contributed by atoms with van der Waals surface area (Å²) in [7, 11) is 0. The molecule has 7 rings (SSSR count). The minimum Gasteiger partial charge on any atom is -0.0683 e. The van der Waals surface area contributed by atoms with Gasteiger partial charge in [-0.15, -0.1) is 0 Å². The summed E-state index contributed by atoms with van der Waals surface area (Å²) in [5, 5.41) is 10.6. The molecule has 0 spiro atoms. The predicted octanol–water partition coefficient (Wildman–Crippen LogP) is 11.7. The summed E-state index contributed by atoms with van der Waals surface area (Å²) in [5.41, 5.74) is 5.64. The fourth-order valence-electron chi connectivity index (χ4n) is 5.84. The first kappa shape index (κ1) is 26.4. The van der Waals surface area contributed by atoms with E-state index >= 15 is 0 Å². The van der Waals surface area contributed by atoms with E-state index in [9.17, 15) is 0 Å². The van der Waals surface area contributed by atoms with E-state index in [4.69, 9.17) is 0 Å². The van der Waals surface area contributed by atoms with Gasteiger partial charge in [0.05, 0.1) is 0 Å². The third kappa shape index (κ3) is 4.19. The third-order valence-corrected chi connectivity index (χ3v) is 7.36. The second-order valence-electron chi connectivity index (χ2n) is 9.44. The maximum atomic E-state index is 2.44. The van der Waals surface area contributed by atoms with Crippen LogP contribution in [0.1, 0.15) is 66.5 Å². The fourth-order valence-corrected chi connectivity index (χ4v) is 5.84. The summed E-state index contributed by atoms with van der Waals surface area (Å²) in [6.45, 7) is 16.8. The minimum atomic E-state index is -0.0352. The summed E-state index contributed by atoms with van der Waals surface area (Å²) in [6, 6.07) is 36.2. The van der Waals surface area contributed by atoms with Crippen molar-refractivity contribution in [1.82, 2.24) is 0 Å². The Kier molecular flexibility index (Phi) is 7.69. The topological polar surface area (TPSA) is 0 Å². The van der Waals surface area contributed by atoms with E-state index in [1.807, 2.05) is 41.5 Å². The molecular weight excluding hydrogens is 444 g/mol. The lowest BCUT2D eigenvalue weighted by atomic mass is 9.79. The van der Waals surface area contributed by atoms with Crippen molar-refractivity contribution in [3.63, 3.8) is 0 Å². The molecule has 0 saturated heterocycles. The predicted molar refractivity (Wildman–Crippen MR) is 168 cm³/mol. The van der Waals surface area contributed by atoms with Crippen LogP contribution in [0.4, 0.5) is 0 Å². The highest BCUT2D eigenvalue weighted by Crippen LogP contribution is 2.53. The maximum absolute atomic E-state index is 2.44. The molecule has 188 valence electrons. The van der Waals surface area contributed by atoms with Gasteiger partial charge in [-0.3, -0.25) is 0 Å². The number of fused-ring (bicyclic) bond motifs is 9. The molecule has 6 aromatic carbocycles. The van der Waals surface area contributed by atoms with E-state index in [1.165, 1.54) is 65.3 Å². The van der Waals surface area contributed by atoms with Crippen LogP contribution in [0.5, 0.6) is 0 Å². The Morgan fingerprint density at radius 3 is 1.65 bits per heavy atom. The minimum absolute atomic E-state index is 0.0352. The Morgan fingerprint density at radius 1 is 0.405 bits per heavy atom. The van der Waals surface area contributed by atoms with Gasteiger partial charge in [0.25, 0.3) is 0 Å². The lowest BCUT2D eigenvalue weighted by Gasteiger charge is -2.24. The molecule has 0 nitrogen and oxygen atoms in total. The van der Waals surface area contributed by atoms with Gasteiger partial charge in [-0.25, -0.2) is 0 Å². The van der Waals surface area contributed by atoms with Gasteiger partial charge in [0.2, 0.25) is 0 Å². The average molecular weight is 485 g/mol. The summed E-state index contributed by atoms with van der Waals surface area (Å²) in [4.78, 5) is 0.